The average molecular weight is 241 g/mol. The lowest BCUT2D eigenvalue weighted by atomic mass is 9.98. The van der Waals surface area contributed by atoms with E-state index in [1.54, 1.807) is 12.1 Å². The van der Waals surface area contributed by atoms with E-state index >= 15 is 0 Å². The van der Waals surface area contributed by atoms with Crippen LogP contribution in [0.25, 0.3) is 0 Å². The molecule has 0 unspecified atom stereocenters. The van der Waals surface area contributed by atoms with E-state index in [-0.39, 0.29) is 5.56 Å². The fourth-order valence-corrected chi connectivity index (χ4v) is 2.01. The SMILES string of the molecule is Nc1cccc(CCc2ccccc2)c1C(=O)O. The van der Waals surface area contributed by atoms with Gasteiger partial charge in [0.1, 0.15) is 0 Å². The van der Waals surface area contributed by atoms with Gasteiger partial charge >= 0.3 is 5.97 Å². The third-order valence-electron chi connectivity index (χ3n) is 2.92. The highest BCUT2D eigenvalue weighted by atomic mass is 16.4. The van der Waals surface area contributed by atoms with Gasteiger partial charge in [0.2, 0.25) is 0 Å². The number of carbonyl (C=O) groups is 1. The molecule has 0 aliphatic heterocycles. The number of rotatable bonds is 4. The minimum atomic E-state index is -0.962. The van der Waals surface area contributed by atoms with Gasteiger partial charge in [-0.3, -0.25) is 0 Å². The van der Waals surface area contributed by atoms with Crippen LogP contribution in [0.4, 0.5) is 5.69 Å². The second kappa shape index (κ2) is 5.36. The van der Waals surface area contributed by atoms with Crippen molar-refractivity contribution < 1.29 is 9.90 Å². The number of hydrogen-bond donors (Lipinski definition) is 2. The van der Waals surface area contributed by atoms with Crippen molar-refractivity contribution in [2.75, 3.05) is 5.73 Å². The smallest absolute Gasteiger partial charge is 0.338 e. The van der Waals surface area contributed by atoms with E-state index in [0.29, 0.717) is 12.1 Å². The fourth-order valence-electron chi connectivity index (χ4n) is 2.01. The topological polar surface area (TPSA) is 63.3 Å². The van der Waals surface area contributed by atoms with Gasteiger partial charge in [-0.15, -0.1) is 0 Å². The standard InChI is InChI=1S/C15H15NO2/c16-13-8-4-7-12(14(13)15(17)18)10-9-11-5-2-1-3-6-11/h1-8H,9-10,16H2,(H,17,18). The number of carboxylic acid groups (broad SMARTS) is 1. The summed E-state index contributed by atoms with van der Waals surface area (Å²) >= 11 is 0. The van der Waals surface area contributed by atoms with Crippen LogP contribution in [-0.4, -0.2) is 11.1 Å². The van der Waals surface area contributed by atoms with Crippen LogP contribution in [0.1, 0.15) is 21.5 Å². The summed E-state index contributed by atoms with van der Waals surface area (Å²) in [5.74, 6) is -0.962. The third-order valence-corrected chi connectivity index (χ3v) is 2.92. The molecular formula is C15H15NO2. The summed E-state index contributed by atoms with van der Waals surface area (Å²) in [4.78, 5) is 11.2. The maximum absolute atomic E-state index is 11.2. The second-order valence-corrected chi connectivity index (χ2v) is 4.17. The quantitative estimate of drug-likeness (QED) is 0.809. The summed E-state index contributed by atoms with van der Waals surface area (Å²) in [5.41, 5.74) is 8.24. The van der Waals surface area contributed by atoms with Crippen molar-refractivity contribution in [1.29, 1.82) is 0 Å². The molecule has 0 spiro atoms. The van der Waals surface area contributed by atoms with E-state index in [2.05, 4.69) is 0 Å². The molecule has 18 heavy (non-hydrogen) atoms. The molecule has 0 aromatic heterocycles. The molecule has 0 saturated heterocycles. The Balaban J connectivity index is 2.20. The average Bonchev–Trinajstić information content (AvgIpc) is 2.37. The summed E-state index contributed by atoms with van der Waals surface area (Å²) in [6.45, 7) is 0. The molecule has 0 saturated carbocycles. The molecule has 2 rings (SSSR count). The van der Waals surface area contributed by atoms with Gasteiger partial charge in [0.25, 0.3) is 0 Å². The first-order valence-corrected chi connectivity index (χ1v) is 5.83. The van der Waals surface area contributed by atoms with Crippen molar-refractivity contribution in [2.24, 2.45) is 0 Å². The molecule has 0 amide bonds. The van der Waals surface area contributed by atoms with Crippen LogP contribution in [0.5, 0.6) is 0 Å². The van der Waals surface area contributed by atoms with Crippen LogP contribution in [0.2, 0.25) is 0 Å². The molecular weight excluding hydrogens is 226 g/mol. The van der Waals surface area contributed by atoms with Crippen LogP contribution in [-0.2, 0) is 12.8 Å². The van der Waals surface area contributed by atoms with Crippen molar-refractivity contribution in [1.82, 2.24) is 0 Å². The Labute approximate surface area is 106 Å². The van der Waals surface area contributed by atoms with Crippen molar-refractivity contribution in [3.05, 3.63) is 65.2 Å². The molecule has 92 valence electrons. The summed E-state index contributed by atoms with van der Waals surface area (Å²) in [6, 6.07) is 15.2. The van der Waals surface area contributed by atoms with E-state index in [0.717, 1.165) is 12.0 Å². The Kier molecular flexibility index (Phi) is 3.63. The zero-order valence-corrected chi connectivity index (χ0v) is 9.97. The van der Waals surface area contributed by atoms with Crippen molar-refractivity contribution >= 4 is 11.7 Å². The third kappa shape index (κ3) is 2.69. The van der Waals surface area contributed by atoms with Crippen LogP contribution < -0.4 is 5.73 Å². The molecule has 0 bridgehead atoms. The van der Waals surface area contributed by atoms with E-state index in [1.165, 1.54) is 5.56 Å². The van der Waals surface area contributed by atoms with Crippen LogP contribution in [0, 0.1) is 0 Å². The molecule has 3 nitrogen and oxygen atoms in total. The van der Waals surface area contributed by atoms with Gasteiger partial charge in [-0.25, -0.2) is 4.79 Å². The van der Waals surface area contributed by atoms with Gasteiger partial charge in [0.05, 0.1) is 5.56 Å². The molecule has 0 radical (unpaired) electrons. The number of nitrogens with two attached hydrogens (primary N) is 1. The van der Waals surface area contributed by atoms with Gasteiger partial charge in [-0.05, 0) is 30.0 Å². The molecule has 0 heterocycles. The van der Waals surface area contributed by atoms with E-state index in [1.807, 2.05) is 36.4 Å². The van der Waals surface area contributed by atoms with Crippen molar-refractivity contribution in [3.63, 3.8) is 0 Å². The minimum absolute atomic E-state index is 0.230. The van der Waals surface area contributed by atoms with Crippen LogP contribution >= 0.6 is 0 Å². The summed E-state index contributed by atoms with van der Waals surface area (Å²) in [6.07, 6.45) is 1.49. The molecule has 0 aliphatic carbocycles. The predicted octanol–water partition coefficient (Wildman–Crippen LogP) is 2.75. The molecule has 0 atom stereocenters. The molecule has 2 aromatic rings. The van der Waals surface area contributed by atoms with E-state index in [4.69, 9.17) is 10.8 Å². The number of aromatic carboxylic acids is 1. The fraction of sp³-hybridized carbons (Fsp3) is 0.133. The zero-order chi connectivity index (χ0) is 13.0. The van der Waals surface area contributed by atoms with Gasteiger partial charge in [0.15, 0.2) is 0 Å². The van der Waals surface area contributed by atoms with Gasteiger partial charge in [0, 0.05) is 5.69 Å². The first kappa shape index (κ1) is 12.2. The van der Waals surface area contributed by atoms with Crippen molar-refractivity contribution in [2.45, 2.75) is 12.8 Å². The summed E-state index contributed by atoms with van der Waals surface area (Å²) in [7, 11) is 0. The number of nitrogen functional groups attached to an aromatic ring is 1. The maximum Gasteiger partial charge on any atom is 0.338 e. The molecule has 3 N–H and O–H groups in total. The Hall–Kier alpha value is -2.29. The highest BCUT2D eigenvalue weighted by Gasteiger charge is 2.13. The molecule has 3 heteroatoms. The number of anilines is 1. The summed E-state index contributed by atoms with van der Waals surface area (Å²) < 4.78 is 0. The number of benzene rings is 2. The minimum Gasteiger partial charge on any atom is -0.478 e. The maximum atomic E-state index is 11.2. The Morgan fingerprint density at radius 3 is 2.39 bits per heavy atom. The normalized spacial score (nSPS) is 10.2. The number of carboxylic acids is 1. The zero-order valence-electron chi connectivity index (χ0n) is 9.97. The highest BCUT2D eigenvalue weighted by molar-refractivity contribution is 5.95. The Bertz CT molecular complexity index is 550. The second-order valence-electron chi connectivity index (χ2n) is 4.17. The van der Waals surface area contributed by atoms with Crippen LogP contribution in [0.3, 0.4) is 0 Å². The number of hydrogen-bond acceptors (Lipinski definition) is 2. The lowest BCUT2D eigenvalue weighted by Gasteiger charge is -2.08. The molecule has 0 fully saturated rings. The predicted molar refractivity (Wildman–Crippen MR) is 71.7 cm³/mol. The van der Waals surface area contributed by atoms with E-state index in [9.17, 15) is 4.79 Å². The first-order valence-electron chi connectivity index (χ1n) is 5.83. The van der Waals surface area contributed by atoms with E-state index < -0.39 is 5.97 Å². The van der Waals surface area contributed by atoms with Gasteiger partial charge < -0.3 is 10.8 Å². The summed E-state index contributed by atoms with van der Waals surface area (Å²) in [5, 5.41) is 9.16. The first-order chi connectivity index (χ1) is 8.68. The van der Waals surface area contributed by atoms with Gasteiger partial charge in [-0.2, -0.15) is 0 Å². The Morgan fingerprint density at radius 1 is 1.00 bits per heavy atom. The van der Waals surface area contributed by atoms with Crippen molar-refractivity contribution in [3.8, 4) is 0 Å². The van der Waals surface area contributed by atoms with Gasteiger partial charge in [-0.1, -0.05) is 42.5 Å². The molecule has 0 aliphatic rings. The highest BCUT2D eigenvalue weighted by Crippen LogP contribution is 2.19. The van der Waals surface area contributed by atoms with Crippen LogP contribution in [0.15, 0.2) is 48.5 Å². The largest absolute Gasteiger partial charge is 0.478 e. The lowest BCUT2D eigenvalue weighted by molar-refractivity contribution is 0.0697. The lowest BCUT2D eigenvalue weighted by Crippen LogP contribution is -2.07. The number of aryl methyl sites for hydroxylation is 2. The Morgan fingerprint density at radius 2 is 1.72 bits per heavy atom. The monoisotopic (exact) mass is 241 g/mol. The molecule has 2 aromatic carbocycles.